The molecular weight excluding hydrogens is 186 g/mol. The van der Waals surface area contributed by atoms with Gasteiger partial charge in [-0.1, -0.05) is 30.3 Å². The molecule has 2 atom stereocenters. The van der Waals surface area contributed by atoms with Crippen LogP contribution in [0.2, 0.25) is 0 Å². The van der Waals surface area contributed by atoms with Crippen molar-refractivity contribution in [1.82, 2.24) is 10.2 Å². The quantitative estimate of drug-likeness (QED) is 0.755. The summed E-state index contributed by atoms with van der Waals surface area (Å²) in [5, 5.41) is 3.42. The van der Waals surface area contributed by atoms with Gasteiger partial charge in [-0.25, -0.2) is 0 Å². The number of hydrogen-bond donors (Lipinski definition) is 2. The van der Waals surface area contributed by atoms with Crippen LogP contribution in [0, 0.1) is 0 Å². The Labute approximate surface area is 91.3 Å². The molecule has 1 aromatic carbocycles. The van der Waals surface area contributed by atoms with E-state index in [0.717, 1.165) is 19.6 Å². The molecule has 82 valence electrons. The Hall–Kier alpha value is -0.900. The minimum absolute atomic E-state index is 0.123. The summed E-state index contributed by atoms with van der Waals surface area (Å²) >= 11 is 0. The second-order valence-corrected chi connectivity index (χ2v) is 4.11. The van der Waals surface area contributed by atoms with Crippen molar-refractivity contribution in [2.24, 2.45) is 5.73 Å². The summed E-state index contributed by atoms with van der Waals surface area (Å²) in [6.45, 7) is 5.11. The fourth-order valence-corrected chi connectivity index (χ4v) is 2.19. The summed E-state index contributed by atoms with van der Waals surface area (Å²) in [5.41, 5.74) is 7.34. The van der Waals surface area contributed by atoms with E-state index in [-0.39, 0.29) is 6.17 Å². The molecule has 1 saturated heterocycles. The molecule has 0 saturated carbocycles. The minimum Gasteiger partial charge on any atom is -0.316 e. The number of nitrogens with one attached hydrogen (secondary N) is 1. The molecule has 3 nitrogen and oxygen atoms in total. The molecule has 1 fully saturated rings. The van der Waals surface area contributed by atoms with Crippen molar-refractivity contribution in [3.8, 4) is 0 Å². The van der Waals surface area contributed by atoms with Crippen molar-refractivity contribution >= 4 is 0 Å². The van der Waals surface area contributed by atoms with Crippen molar-refractivity contribution in [1.29, 1.82) is 0 Å². The Balaban J connectivity index is 2.18. The Morgan fingerprint density at radius 2 is 2.13 bits per heavy atom. The van der Waals surface area contributed by atoms with E-state index in [1.165, 1.54) is 5.56 Å². The molecule has 0 amide bonds. The predicted octanol–water partition coefficient (Wildman–Crippen LogP) is 0.938. The van der Waals surface area contributed by atoms with E-state index in [0.29, 0.717) is 6.04 Å². The Bertz CT molecular complexity index is 297. The third-order valence-electron chi connectivity index (χ3n) is 2.99. The third-order valence-corrected chi connectivity index (χ3v) is 2.99. The lowest BCUT2D eigenvalue weighted by Gasteiger charge is -2.39. The smallest absolute Gasteiger partial charge is 0.0549 e. The molecule has 15 heavy (non-hydrogen) atoms. The van der Waals surface area contributed by atoms with E-state index in [9.17, 15) is 0 Å². The van der Waals surface area contributed by atoms with E-state index in [4.69, 9.17) is 5.73 Å². The second kappa shape index (κ2) is 4.75. The maximum Gasteiger partial charge on any atom is 0.0549 e. The highest BCUT2D eigenvalue weighted by molar-refractivity contribution is 5.20. The molecule has 0 bridgehead atoms. The SMILES string of the molecule is CC(N)N1CCNCC1c1ccccc1. The lowest BCUT2D eigenvalue weighted by atomic mass is 10.0. The topological polar surface area (TPSA) is 41.3 Å². The summed E-state index contributed by atoms with van der Waals surface area (Å²) in [6, 6.07) is 11.0. The highest BCUT2D eigenvalue weighted by Crippen LogP contribution is 2.22. The van der Waals surface area contributed by atoms with Gasteiger partial charge in [0.15, 0.2) is 0 Å². The number of nitrogens with two attached hydrogens (primary N) is 1. The summed E-state index contributed by atoms with van der Waals surface area (Å²) in [7, 11) is 0. The van der Waals surface area contributed by atoms with E-state index in [1.807, 2.05) is 0 Å². The molecule has 2 unspecified atom stereocenters. The van der Waals surface area contributed by atoms with E-state index >= 15 is 0 Å². The molecule has 0 radical (unpaired) electrons. The lowest BCUT2D eigenvalue weighted by Crippen LogP contribution is -2.52. The lowest BCUT2D eigenvalue weighted by molar-refractivity contribution is 0.118. The first-order chi connectivity index (χ1) is 7.29. The number of rotatable bonds is 2. The third kappa shape index (κ3) is 2.37. The summed E-state index contributed by atoms with van der Waals surface area (Å²) < 4.78 is 0. The Kier molecular flexibility index (Phi) is 3.36. The van der Waals surface area contributed by atoms with Gasteiger partial charge in [-0.15, -0.1) is 0 Å². The van der Waals surface area contributed by atoms with Crippen LogP contribution in [0.3, 0.4) is 0 Å². The van der Waals surface area contributed by atoms with Gasteiger partial charge in [-0.05, 0) is 12.5 Å². The van der Waals surface area contributed by atoms with Crippen molar-refractivity contribution in [3.05, 3.63) is 35.9 Å². The van der Waals surface area contributed by atoms with Crippen LogP contribution in [-0.2, 0) is 0 Å². The van der Waals surface area contributed by atoms with Crippen LogP contribution in [0.5, 0.6) is 0 Å². The molecule has 3 N–H and O–H groups in total. The van der Waals surface area contributed by atoms with Crippen molar-refractivity contribution in [2.75, 3.05) is 19.6 Å². The van der Waals surface area contributed by atoms with Gasteiger partial charge in [0.1, 0.15) is 0 Å². The molecule has 0 aliphatic carbocycles. The monoisotopic (exact) mass is 205 g/mol. The van der Waals surface area contributed by atoms with Gasteiger partial charge in [-0.3, -0.25) is 4.90 Å². The number of benzene rings is 1. The maximum atomic E-state index is 5.99. The standard InChI is InChI=1S/C12H19N3/c1-10(13)15-8-7-14-9-12(15)11-5-3-2-4-6-11/h2-6,10,12,14H,7-9,13H2,1H3. The largest absolute Gasteiger partial charge is 0.316 e. The van der Waals surface area contributed by atoms with Gasteiger partial charge in [0.25, 0.3) is 0 Å². The van der Waals surface area contributed by atoms with Crippen molar-refractivity contribution in [2.45, 2.75) is 19.1 Å². The van der Waals surface area contributed by atoms with Crippen LogP contribution < -0.4 is 11.1 Å². The van der Waals surface area contributed by atoms with Crippen LogP contribution in [0.15, 0.2) is 30.3 Å². The van der Waals surface area contributed by atoms with Crippen LogP contribution in [0.25, 0.3) is 0 Å². The number of piperazine rings is 1. The highest BCUT2D eigenvalue weighted by atomic mass is 15.3. The average Bonchev–Trinajstić information content (AvgIpc) is 2.30. The van der Waals surface area contributed by atoms with Crippen molar-refractivity contribution < 1.29 is 0 Å². The van der Waals surface area contributed by atoms with Gasteiger partial charge < -0.3 is 11.1 Å². The fraction of sp³-hybridized carbons (Fsp3) is 0.500. The summed E-state index contributed by atoms with van der Waals surface area (Å²) in [5.74, 6) is 0. The second-order valence-electron chi connectivity index (χ2n) is 4.11. The van der Waals surface area contributed by atoms with Crippen LogP contribution in [0.4, 0.5) is 0 Å². The van der Waals surface area contributed by atoms with Gasteiger partial charge in [0.05, 0.1) is 6.17 Å². The van der Waals surface area contributed by atoms with E-state index in [2.05, 4.69) is 47.5 Å². The molecular formula is C12H19N3. The molecule has 0 aromatic heterocycles. The predicted molar refractivity (Wildman–Crippen MR) is 62.4 cm³/mol. The highest BCUT2D eigenvalue weighted by Gasteiger charge is 2.25. The molecule has 0 spiro atoms. The Morgan fingerprint density at radius 1 is 1.40 bits per heavy atom. The van der Waals surface area contributed by atoms with Gasteiger partial charge in [0.2, 0.25) is 0 Å². The Morgan fingerprint density at radius 3 is 2.80 bits per heavy atom. The zero-order chi connectivity index (χ0) is 10.7. The number of nitrogens with zero attached hydrogens (tertiary/aromatic N) is 1. The van der Waals surface area contributed by atoms with Crippen LogP contribution >= 0.6 is 0 Å². The first-order valence-electron chi connectivity index (χ1n) is 5.56. The maximum absolute atomic E-state index is 5.99. The van der Waals surface area contributed by atoms with Crippen LogP contribution in [0.1, 0.15) is 18.5 Å². The molecule has 3 heteroatoms. The van der Waals surface area contributed by atoms with Gasteiger partial charge in [-0.2, -0.15) is 0 Å². The average molecular weight is 205 g/mol. The van der Waals surface area contributed by atoms with Crippen LogP contribution in [-0.4, -0.2) is 30.7 Å². The molecule has 2 rings (SSSR count). The summed E-state index contributed by atoms with van der Waals surface area (Å²) in [4.78, 5) is 2.35. The normalized spacial score (nSPS) is 25.1. The fourth-order valence-electron chi connectivity index (χ4n) is 2.19. The van der Waals surface area contributed by atoms with Gasteiger partial charge in [0, 0.05) is 25.7 Å². The molecule has 1 heterocycles. The first kappa shape index (κ1) is 10.6. The minimum atomic E-state index is 0.123. The van der Waals surface area contributed by atoms with E-state index < -0.39 is 0 Å². The molecule has 1 aliphatic heterocycles. The molecule has 1 aromatic rings. The van der Waals surface area contributed by atoms with Gasteiger partial charge >= 0.3 is 0 Å². The first-order valence-corrected chi connectivity index (χ1v) is 5.56. The molecule has 1 aliphatic rings. The summed E-state index contributed by atoms with van der Waals surface area (Å²) in [6.07, 6.45) is 0.123. The number of hydrogen-bond acceptors (Lipinski definition) is 3. The zero-order valence-corrected chi connectivity index (χ0v) is 9.19. The van der Waals surface area contributed by atoms with E-state index in [1.54, 1.807) is 0 Å². The zero-order valence-electron chi connectivity index (χ0n) is 9.19. The van der Waals surface area contributed by atoms with Crippen molar-refractivity contribution in [3.63, 3.8) is 0 Å².